The molecular weight excluding hydrogens is 332 g/mol. The van der Waals surface area contributed by atoms with Gasteiger partial charge in [0.2, 0.25) is 0 Å². The molecule has 4 rings (SSSR count). The second-order valence-corrected chi connectivity index (χ2v) is 6.38. The second-order valence-electron chi connectivity index (χ2n) is 6.38. The number of carbonyl (C=O) groups excluding carboxylic acids is 1. The Bertz CT molecular complexity index is 871. The summed E-state index contributed by atoms with van der Waals surface area (Å²) in [6.07, 6.45) is 7.23. The summed E-state index contributed by atoms with van der Waals surface area (Å²) < 4.78 is 13.0. The van der Waals surface area contributed by atoms with Crippen molar-refractivity contribution < 1.29 is 13.9 Å². The highest BCUT2D eigenvalue weighted by atomic mass is 16.5. The molecule has 7 nitrogen and oxygen atoms in total. The first-order chi connectivity index (χ1) is 12.7. The highest BCUT2D eigenvalue weighted by molar-refractivity contribution is 5.94. The van der Waals surface area contributed by atoms with Gasteiger partial charge in [-0.3, -0.25) is 14.5 Å². The molecule has 4 heterocycles. The third-order valence-corrected chi connectivity index (χ3v) is 4.61. The molecule has 1 amide bonds. The highest BCUT2D eigenvalue weighted by Gasteiger charge is 2.29. The first kappa shape index (κ1) is 16.4. The molecule has 0 N–H and O–H groups in total. The maximum absolute atomic E-state index is 13.0. The lowest BCUT2D eigenvalue weighted by Gasteiger charge is -2.29. The molecule has 0 saturated heterocycles. The number of fused-ring (bicyclic) bond motifs is 1. The van der Waals surface area contributed by atoms with Gasteiger partial charge >= 0.3 is 0 Å². The van der Waals surface area contributed by atoms with Crippen LogP contribution in [0.5, 0.6) is 5.75 Å². The Labute approximate surface area is 151 Å². The number of pyridine rings is 1. The van der Waals surface area contributed by atoms with Gasteiger partial charge in [0.05, 0.1) is 36.3 Å². The molecule has 1 aliphatic rings. The van der Waals surface area contributed by atoms with Crippen molar-refractivity contribution in [1.82, 2.24) is 19.7 Å². The van der Waals surface area contributed by atoms with Crippen molar-refractivity contribution in [3.63, 3.8) is 0 Å². The summed E-state index contributed by atoms with van der Waals surface area (Å²) in [6, 6.07) is 7.37. The number of aromatic nitrogens is 3. The zero-order chi connectivity index (χ0) is 17.9. The smallest absolute Gasteiger partial charge is 0.257 e. The van der Waals surface area contributed by atoms with Crippen molar-refractivity contribution in [3.05, 3.63) is 66.1 Å². The van der Waals surface area contributed by atoms with E-state index in [1.54, 1.807) is 18.5 Å². The Morgan fingerprint density at radius 1 is 1.35 bits per heavy atom. The fourth-order valence-electron chi connectivity index (χ4n) is 3.12. The van der Waals surface area contributed by atoms with E-state index in [1.165, 1.54) is 12.5 Å². The Hall–Kier alpha value is -3.09. The molecule has 3 aromatic rings. The lowest BCUT2D eigenvalue weighted by Crippen LogP contribution is -2.42. The number of hydrogen-bond acceptors (Lipinski definition) is 5. The summed E-state index contributed by atoms with van der Waals surface area (Å²) >= 11 is 0. The van der Waals surface area contributed by atoms with Crippen molar-refractivity contribution in [1.29, 1.82) is 0 Å². The standard InChI is InChI=1S/C19H20N4O3/c1-14-2-3-18(10-20-14)26-13-17-5-8-23-16(4-7-21-23)11-22(17)19(24)15-6-9-25-12-15/h2-4,6-7,9-10,12,17H,5,8,11,13H2,1H3. The summed E-state index contributed by atoms with van der Waals surface area (Å²) in [4.78, 5) is 19.1. The lowest BCUT2D eigenvalue weighted by atomic mass is 10.1. The highest BCUT2D eigenvalue weighted by Crippen LogP contribution is 2.21. The largest absolute Gasteiger partial charge is 0.490 e. The molecule has 0 saturated carbocycles. The predicted molar refractivity (Wildman–Crippen MR) is 93.7 cm³/mol. The maximum Gasteiger partial charge on any atom is 0.257 e. The molecule has 0 bridgehead atoms. The molecule has 0 aliphatic carbocycles. The van der Waals surface area contributed by atoms with E-state index in [-0.39, 0.29) is 11.9 Å². The monoisotopic (exact) mass is 352 g/mol. The maximum atomic E-state index is 13.0. The van der Waals surface area contributed by atoms with Crippen molar-refractivity contribution in [2.24, 2.45) is 0 Å². The molecule has 134 valence electrons. The molecule has 1 unspecified atom stereocenters. The fraction of sp³-hybridized carbons (Fsp3) is 0.316. The SMILES string of the molecule is Cc1ccc(OCC2CCn3nccc3CN2C(=O)c2ccoc2)cn1. The third-order valence-electron chi connectivity index (χ3n) is 4.61. The summed E-state index contributed by atoms with van der Waals surface area (Å²) in [7, 11) is 0. The van der Waals surface area contributed by atoms with Crippen molar-refractivity contribution in [3.8, 4) is 5.75 Å². The number of aryl methyl sites for hydroxylation is 2. The quantitative estimate of drug-likeness (QED) is 0.722. The van der Waals surface area contributed by atoms with Crippen LogP contribution in [-0.4, -0.2) is 38.2 Å². The molecule has 0 spiro atoms. The van der Waals surface area contributed by atoms with E-state index in [9.17, 15) is 4.79 Å². The van der Waals surface area contributed by atoms with E-state index in [0.29, 0.717) is 24.5 Å². The predicted octanol–water partition coefficient (Wildman–Crippen LogP) is 2.67. The number of rotatable bonds is 4. The van der Waals surface area contributed by atoms with Crippen molar-refractivity contribution >= 4 is 5.91 Å². The average Bonchev–Trinajstić information content (AvgIpc) is 3.31. The number of furan rings is 1. The minimum absolute atomic E-state index is 0.0657. The average molecular weight is 352 g/mol. The van der Waals surface area contributed by atoms with Crippen molar-refractivity contribution in [2.45, 2.75) is 32.5 Å². The number of hydrogen-bond donors (Lipinski definition) is 0. The van der Waals surface area contributed by atoms with Gasteiger partial charge in [-0.2, -0.15) is 5.10 Å². The molecule has 26 heavy (non-hydrogen) atoms. The molecule has 7 heteroatoms. The molecule has 0 radical (unpaired) electrons. The van der Waals surface area contributed by atoms with Crippen LogP contribution in [0.2, 0.25) is 0 Å². The van der Waals surface area contributed by atoms with Gasteiger partial charge in [-0.25, -0.2) is 0 Å². The molecular formula is C19H20N4O3. The van der Waals surface area contributed by atoms with Crippen LogP contribution >= 0.6 is 0 Å². The van der Waals surface area contributed by atoms with Crippen LogP contribution in [0.4, 0.5) is 0 Å². The molecule has 0 fully saturated rings. The van der Waals surface area contributed by atoms with Gasteiger partial charge in [-0.05, 0) is 37.6 Å². The van der Waals surface area contributed by atoms with E-state index in [4.69, 9.17) is 9.15 Å². The Balaban J connectivity index is 1.54. The van der Waals surface area contributed by atoms with Crippen LogP contribution in [0.25, 0.3) is 0 Å². The van der Waals surface area contributed by atoms with Gasteiger partial charge < -0.3 is 14.1 Å². The minimum atomic E-state index is -0.0691. The van der Waals surface area contributed by atoms with Crippen LogP contribution in [0, 0.1) is 6.92 Å². The van der Waals surface area contributed by atoms with E-state index >= 15 is 0 Å². The topological polar surface area (TPSA) is 73.4 Å². The van der Waals surface area contributed by atoms with Gasteiger partial charge in [0.15, 0.2) is 0 Å². The van der Waals surface area contributed by atoms with Gasteiger partial charge in [0.1, 0.15) is 18.6 Å². The molecule has 3 aromatic heterocycles. The number of ether oxygens (including phenoxy) is 1. The van der Waals surface area contributed by atoms with Crippen molar-refractivity contribution in [2.75, 3.05) is 6.61 Å². The van der Waals surface area contributed by atoms with Crippen LogP contribution < -0.4 is 4.74 Å². The Kier molecular flexibility index (Phi) is 4.43. The van der Waals surface area contributed by atoms with Crippen LogP contribution in [0.3, 0.4) is 0 Å². The van der Waals surface area contributed by atoms with Gasteiger partial charge in [0, 0.05) is 18.4 Å². The normalized spacial score (nSPS) is 16.8. The Morgan fingerprint density at radius 3 is 3.04 bits per heavy atom. The lowest BCUT2D eigenvalue weighted by molar-refractivity contribution is 0.0588. The summed E-state index contributed by atoms with van der Waals surface area (Å²) in [5.74, 6) is 0.636. The zero-order valence-electron chi connectivity index (χ0n) is 14.5. The third kappa shape index (κ3) is 3.33. The van der Waals surface area contributed by atoms with E-state index in [0.717, 1.165) is 24.4 Å². The summed E-state index contributed by atoms with van der Waals surface area (Å²) in [5.41, 5.74) is 2.50. The summed E-state index contributed by atoms with van der Waals surface area (Å²) in [5, 5.41) is 4.35. The van der Waals surface area contributed by atoms with Crippen LogP contribution in [-0.2, 0) is 13.1 Å². The Morgan fingerprint density at radius 2 is 2.27 bits per heavy atom. The van der Waals surface area contributed by atoms with E-state index in [1.807, 2.05) is 34.7 Å². The van der Waals surface area contributed by atoms with Gasteiger partial charge in [-0.1, -0.05) is 0 Å². The summed E-state index contributed by atoms with van der Waals surface area (Å²) in [6.45, 7) is 3.57. The van der Waals surface area contributed by atoms with E-state index < -0.39 is 0 Å². The first-order valence-corrected chi connectivity index (χ1v) is 8.60. The number of nitrogens with zero attached hydrogens (tertiary/aromatic N) is 4. The second kappa shape index (κ2) is 7.03. The van der Waals surface area contributed by atoms with Crippen LogP contribution in [0.1, 0.15) is 28.2 Å². The minimum Gasteiger partial charge on any atom is -0.490 e. The van der Waals surface area contributed by atoms with Gasteiger partial charge in [0.25, 0.3) is 5.91 Å². The van der Waals surface area contributed by atoms with Gasteiger partial charge in [-0.15, -0.1) is 0 Å². The molecule has 0 aromatic carbocycles. The molecule has 1 aliphatic heterocycles. The van der Waals surface area contributed by atoms with Crippen LogP contribution in [0.15, 0.2) is 53.6 Å². The number of amides is 1. The zero-order valence-corrected chi connectivity index (χ0v) is 14.5. The molecule has 1 atom stereocenters. The van der Waals surface area contributed by atoms with E-state index in [2.05, 4.69) is 10.1 Å². The number of carbonyl (C=O) groups is 1. The first-order valence-electron chi connectivity index (χ1n) is 8.60. The fourth-order valence-corrected chi connectivity index (χ4v) is 3.12.